The number of nitrogens with one attached hydrogen (secondary N) is 1. The smallest absolute Gasteiger partial charge is 0.409 e. The zero-order valence-corrected chi connectivity index (χ0v) is 18.5. The van der Waals surface area contributed by atoms with Crippen LogP contribution in [-0.4, -0.2) is 38.9 Å². The van der Waals surface area contributed by atoms with Crippen LogP contribution in [0.25, 0.3) is 11.1 Å². The van der Waals surface area contributed by atoms with Crippen molar-refractivity contribution in [1.82, 2.24) is 5.32 Å². The van der Waals surface area contributed by atoms with Crippen LogP contribution in [0.5, 0.6) is 0 Å². The van der Waals surface area contributed by atoms with Gasteiger partial charge in [-0.15, -0.1) is 0 Å². The van der Waals surface area contributed by atoms with Crippen LogP contribution in [0.2, 0.25) is 0 Å². The van der Waals surface area contributed by atoms with Crippen molar-refractivity contribution in [2.75, 3.05) is 20.3 Å². The molecule has 1 N–H and O–H groups in total. The molecule has 1 amide bonds. The fraction of sp³-hybridized carbons (Fsp3) is 0.296. The van der Waals surface area contributed by atoms with Crippen LogP contribution >= 0.6 is 0 Å². The summed E-state index contributed by atoms with van der Waals surface area (Å²) in [7, 11) is 1.63. The van der Waals surface area contributed by atoms with Gasteiger partial charge in [-0.1, -0.05) is 78.9 Å². The fourth-order valence-corrected chi connectivity index (χ4v) is 4.61. The van der Waals surface area contributed by atoms with Crippen LogP contribution in [0.4, 0.5) is 4.79 Å². The molecule has 1 heterocycles. The third-order valence-corrected chi connectivity index (χ3v) is 6.16. The number of ether oxygens (including phenoxy) is 4. The summed E-state index contributed by atoms with van der Waals surface area (Å²) in [5.41, 5.74) is 5.67. The van der Waals surface area contributed by atoms with Gasteiger partial charge in [0.2, 0.25) is 0 Å². The van der Waals surface area contributed by atoms with Crippen LogP contribution in [-0.2, 0) is 18.9 Å². The first-order chi connectivity index (χ1) is 16.2. The van der Waals surface area contributed by atoms with Gasteiger partial charge >= 0.3 is 6.09 Å². The van der Waals surface area contributed by atoms with Crippen LogP contribution in [0.3, 0.4) is 0 Å². The molecule has 1 aliphatic heterocycles. The van der Waals surface area contributed by atoms with Crippen molar-refractivity contribution in [2.45, 2.75) is 31.0 Å². The number of hydrogen-bond acceptors (Lipinski definition) is 5. The van der Waals surface area contributed by atoms with Gasteiger partial charge in [0.1, 0.15) is 12.7 Å². The molecule has 0 aromatic heterocycles. The van der Waals surface area contributed by atoms with E-state index >= 15 is 0 Å². The number of rotatable bonds is 7. The molecule has 1 aliphatic carbocycles. The molecule has 6 nitrogen and oxygen atoms in total. The van der Waals surface area contributed by atoms with Crippen molar-refractivity contribution in [1.29, 1.82) is 0 Å². The minimum absolute atomic E-state index is 0.00303. The molecule has 0 saturated carbocycles. The summed E-state index contributed by atoms with van der Waals surface area (Å²) >= 11 is 0. The van der Waals surface area contributed by atoms with E-state index in [4.69, 9.17) is 18.9 Å². The fourth-order valence-electron chi connectivity index (χ4n) is 4.61. The monoisotopic (exact) mass is 445 g/mol. The number of alkyl carbamates (subject to hydrolysis) is 1. The van der Waals surface area contributed by atoms with Crippen molar-refractivity contribution in [3.63, 3.8) is 0 Å². The molecule has 0 unspecified atom stereocenters. The van der Waals surface area contributed by atoms with Gasteiger partial charge in [-0.05, 0) is 27.8 Å². The van der Waals surface area contributed by atoms with Gasteiger partial charge in [-0.2, -0.15) is 0 Å². The highest BCUT2D eigenvalue weighted by molar-refractivity contribution is 5.79. The maximum absolute atomic E-state index is 12.8. The summed E-state index contributed by atoms with van der Waals surface area (Å²) < 4.78 is 22.9. The molecule has 33 heavy (non-hydrogen) atoms. The average molecular weight is 446 g/mol. The summed E-state index contributed by atoms with van der Waals surface area (Å²) in [5.74, 6) is 0.00303. The van der Waals surface area contributed by atoms with Crippen molar-refractivity contribution in [3.8, 4) is 11.1 Å². The highest BCUT2D eigenvalue weighted by atomic mass is 16.7. The van der Waals surface area contributed by atoms with E-state index in [1.807, 2.05) is 54.6 Å². The SMILES string of the molecule is COCC[C@@H]1O[C@@H](NC(=O)OCC2c3ccccc3-c3ccccc32)[C@H](c2ccccc2)O1. The third kappa shape index (κ3) is 4.50. The summed E-state index contributed by atoms with van der Waals surface area (Å²) in [6.45, 7) is 0.750. The normalized spacial score (nSPS) is 21.4. The number of amides is 1. The number of methoxy groups -OCH3 is 1. The van der Waals surface area contributed by atoms with Gasteiger partial charge in [-0.25, -0.2) is 4.79 Å². The molecule has 3 aromatic rings. The second-order valence-electron chi connectivity index (χ2n) is 8.20. The van der Waals surface area contributed by atoms with E-state index in [0.29, 0.717) is 13.0 Å². The lowest BCUT2D eigenvalue weighted by Crippen LogP contribution is -2.39. The number of hydrogen-bond donors (Lipinski definition) is 1. The molecule has 5 rings (SSSR count). The van der Waals surface area contributed by atoms with Crippen LogP contribution in [0.15, 0.2) is 78.9 Å². The van der Waals surface area contributed by atoms with E-state index in [-0.39, 0.29) is 12.5 Å². The predicted octanol–water partition coefficient (Wildman–Crippen LogP) is 5.00. The van der Waals surface area contributed by atoms with Gasteiger partial charge in [0.25, 0.3) is 0 Å². The highest BCUT2D eigenvalue weighted by Gasteiger charge is 2.38. The summed E-state index contributed by atoms with van der Waals surface area (Å²) in [6.07, 6.45) is -1.49. The summed E-state index contributed by atoms with van der Waals surface area (Å²) in [4.78, 5) is 12.8. The largest absolute Gasteiger partial charge is 0.448 e. The number of benzene rings is 3. The Balaban J connectivity index is 1.26. The van der Waals surface area contributed by atoms with Gasteiger partial charge in [-0.3, -0.25) is 5.32 Å². The lowest BCUT2D eigenvalue weighted by Gasteiger charge is -2.19. The molecule has 170 valence electrons. The Morgan fingerprint density at radius 2 is 1.52 bits per heavy atom. The molecular weight excluding hydrogens is 418 g/mol. The van der Waals surface area contributed by atoms with Gasteiger partial charge in [0.05, 0.1) is 6.61 Å². The van der Waals surface area contributed by atoms with Gasteiger partial charge in [0, 0.05) is 19.4 Å². The molecule has 0 radical (unpaired) electrons. The summed E-state index contributed by atoms with van der Waals surface area (Å²) in [5, 5.41) is 2.86. The Morgan fingerprint density at radius 3 is 2.18 bits per heavy atom. The molecule has 3 aromatic carbocycles. The van der Waals surface area contributed by atoms with Crippen molar-refractivity contribution >= 4 is 6.09 Å². The summed E-state index contributed by atoms with van der Waals surface area (Å²) in [6, 6.07) is 26.3. The molecule has 1 fully saturated rings. The second-order valence-corrected chi connectivity index (χ2v) is 8.20. The molecule has 3 atom stereocenters. The Kier molecular flexibility index (Phi) is 6.39. The Labute approximate surface area is 193 Å². The quantitative estimate of drug-likeness (QED) is 0.554. The average Bonchev–Trinajstić information content (AvgIpc) is 3.40. The molecule has 0 bridgehead atoms. The first-order valence-electron chi connectivity index (χ1n) is 11.2. The zero-order chi connectivity index (χ0) is 22.6. The van der Waals surface area contributed by atoms with Gasteiger partial charge in [0.15, 0.2) is 12.5 Å². The number of carbonyl (C=O) groups is 1. The molecule has 2 aliphatic rings. The van der Waals surface area contributed by atoms with Gasteiger partial charge < -0.3 is 18.9 Å². The van der Waals surface area contributed by atoms with E-state index in [2.05, 4.69) is 29.6 Å². The lowest BCUT2D eigenvalue weighted by atomic mass is 9.98. The highest BCUT2D eigenvalue weighted by Crippen LogP contribution is 2.44. The topological polar surface area (TPSA) is 66.0 Å². The zero-order valence-electron chi connectivity index (χ0n) is 18.5. The minimum Gasteiger partial charge on any atom is -0.448 e. The second kappa shape index (κ2) is 9.75. The number of carbonyl (C=O) groups excluding carboxylic acids is 1. The van der Waals surface area contributed by atoms with Crippen molar-refractivity contribution in [3.05, 3.63) is 95.6 Å². The molecular formula is C27H27NO5. The van der Waals surface area contributed by atoms with E-state index < -0.39 is 24.7 Å². The number of fused-ring (bicyclic) bond motifs is 3. The maximum Gasteiger partial charge on any atom is 0.409 e. The van der Waals surface area contributed by atoms with Crippen LogP contribution < -0.4 is 5.32 Å². The van der Waals surface area contributed by atoms with E-state index in [1.165, 1.54) is 22.3 Å². The minimum atomic E-state index is -0.648. The molecule has 0 spiro atoms. The Morgan fingerprint density at radius 1 is 0.879 bits per heavy atom. The van der Waals surface area contributed by atoms with E-state index in [9.17, 15) is 4.79 Å². The Hall–Kier alpha value is -3.19. The molecule has 1 saturated heterocycles. The van der Waals surface area contributed by atoms with Crippen LogP contribution in [0, 0.1) is 0 Å². The molecule has 6 heteroatoms. The Bertz CT molecular complexity index is 1060. The first-order valence-corrected chi connectivity index (χ1v) is 11.2. The van der Waals surface area contributed by atoms with Crippen molar-refractivity contribution in [2.24, 2.45) is 0 Å². The standard InChI is InChI=1S/C27H27NO5/c1-30-16-15-24-32-25(18-9-3-2-4-10-18)26(33-24)28-27(29)31-17-23-21-13-7-5-11-19(21)20-12-6-8-14-22(20)23/h2-14,23-26H,15-17H2,1H3,(H,28,29)/t24-,25-,26+/m0/s1. The van der Waals surface area contributed by atoms with E-state index in [1.54, 1.807) is 7.11 Å². The van der Waals surface area contributed by atoms with Crippen LogP contribution in [0.1, 0.15) is 35.1 Å². The lowest BCUT2D eigenvalue weighted by molar-refractivity contribution is -0.0826. The van der Waals surface area contributed by atoms with E-state index in [0.717, 1.165) is 5.56 Å². The predicted molar refractivity (Wildman–Crippen MR) is 124 cm³/mol. The third-order valence-electron chi connectivity index (χ3n) is 6.16. The van der Waals surface area contributed by atoms with Crippen molar-refractivity contribution < 1.29 is 23.7 Å². The first kappa shape index (κ1) is 21.6. The maximum atomic E-state index is 12.8.